The minimum Gasteiger partial charge on any atom is -0.300 e. The van der Waals surface area contributed by atoms with Crippen molar-refractivity contribution < 1.29 is 4.79 Å². The molecule has 2 rings (SSSR count). The number of hydrogen-bond donors (Lipinski definition) is 0. The Morgan fingerprint density at radius 1 is 1.43 bits per heavy atom. The van der Waals surface area contributed by atoms with Crippen LogP contribution in [0.15, 0.2) is 17.5 Å². The van der Waals surface area contributed by atoms with E-state index in [1.807, 2.05) is 0 Å². The van der Waals surface area contributed by atoms with Crippen molar-refractivity contribution in [3.05, 3.63) is 22.4 Å². The van der Waals surface area contributed by atoms with Crippen LogP contribution in [-0.2, 0) is 4.79 Å². The van der Waals surface area contributed by atoms with Crippen LogP contribution in [0.3, 0.4) is 0 Å². The second-order valence-corrected chi connectivity index (χ2v) is 5.10. The first-order chi connectivity index (χ1) is 6.79. The predicted octanol–water partition coefficient (Wildman–Crippen LogP) is 3.61. The normalized spacial score (nSPS) is 27.5. The van der Waals surface area contributed by atoms with Crippen LogP contribution >= 0.6 is 11.3 Å². The van der Waals surface area contributed by atoms with E-state index in [2.05, 4.69) is 17.5 Å². The third kappa shape index (κ3) is 1.90. The van der Waals surface area contributed by atoms with Crippen molar-refractivity contribution in [1.29, 1.82) is 0 Å². The van der Waals surface area contributed by atoms with E-state index in [1.165, 1.54) is 24.1 Å². The minimum absolute atomic E-state index is 0.294. The Morgan fingerprint density at radius 3 is 2.86 bits per heavy atom. The van der Waals surface area contributed by atoms with Crippen molar-refractivity contribution in [1.82, 2.24) is 0 Å². The molecule has 0 amide bonds. The molecule has 1 heterocycles. The monoisotopic (exact) mass is 208 g/mol. The van der Waals surface area contributed by atoms with Gasteiger partial charge in [-0.05, 0) is 31.2 Å². The molecule has 0 aliphatic heterocycles. The summed E-state index contributed by atoms with van der Waals surface area (Å²) in [5, 5.41) is 2.11. The predicted molar refractivity (Wildman–Crippen MR) is 59.7 cm³/mol. The van der Waals surface area contributed by atoms with Gasteiger partial charge < -0.3 is 0 Å². The van der Waals surface area contributed by atoms with E-state index >= 15 is 0 Å². The van der Waals surface area contributed by atoms with Gasteiger partial charge in [0, 0.05) is 16.7 Å². The van der Waals surface area contributed by atoms with Gasteiger partial charge in [0.1, 0.15) is 5.78 Å². The molecule has 1 nitrogen and oxygen atoms in total. The summed E-state index contributed by atoms with van der Waals surface area (Å²) in [6.45, 7) is 1.75. The maximum absolute atomic E-state index is 11.5. The average Bonchev–Trinajstić information content (AvgIpc) is 2.70. The van der Waals surface area contributed by atoms with Gasteiger partial charge in [0.25, 0.3) is 0 Å². The van der Waals surface area contributed by atoms with Gasteiger partial charge in [-0.1, -0.05) is 18.9 Å². The molecule has 0 spiro atoms. The van der Waals surface area contributed by atoms with Gasteiger partial charge in [0.05, 0.1) is 0 Å². The lowest BCUT2D eigenvalue weighted by atomic mass is 9.76. The van der Waals surface area contributed by atoms with Crippen LogP contribution in [0, 0.1) is 5.92 Å². The summed E-state index contributed by atoms with van der Waals surface area (Å²) in [5.74, 6) is 1.19. The van der Waals surface area contributed by atoms with Gasteiger partial charge in [-0.3, -0.25) is 4.79 Å². The molecule has 0 aromatic carbocycles. The fraction of sp³-hybridized carbons (Fsp3) is 0.583. The lowest BCUT2D eigenvalue weighted by molar-refractivity contribution is -0.122. The molecular formula is C12H16OS. The van der Waals surface area contributed by atoms with Crippen molar-refractivity contribution in [3.63, 3.8) is 0 Å². The lowest BCUT2D eigenvalue weighted by Crippen LogP contribution is -2.23. The fourth-order valence-electron chi connectivity index (χ4n) is 2.46. The third-order valence-electron chi connectivity index (χ3n) is 3.20. The van der Waals surface area contributed by atoms with E-state index < -0.39 is 0 Å². The average molecular weight is 208 g/mol. The Hall–Kier alpha value is -0.630. The first-order valence-corrected chi connectivity index (χ1v) is 6.21. The number of rotatable bonds is 2. The van der Waals surface area contributed by atoms with E-state index in [0.717, 1.165) is 6.42 Å². The Morgan fingerprint density at radius 2 is 2.21 bits per heavy atom. The van der Waals surface area contributed by atoms with Gasteiger partial charge in [0.2, 0.25) is 0 Å². The molecule has 1 aliphatic carbocycles. The molecule has 1 aliphatic rings. The zero-order valence-electron chi connectivity index (χ0n) is 8.53. The molecule has 1 aromatic heterocycles. The Bertz CT molecular complexity index is 302. The van der Waals surface area contributed by atoms with Crippen LogP contribution in [0.5, 0.6) is 0 Å². The van der Waals surface area contributed by atoms with Gasteiger partial charge in [0.15, 0.2) is 0 Å². The molecular weight excluding hydrogens is 192 g/mol. The number of carbonyl (C=O) groups is 1. The van der Waals surface area contributed by atoms with Crippen molar-refractivity contribution in [2.24, 2.45) is 5.92 Å². The first-order valence-electron chi connectivity index (χ1n) is 5.33. The fourth-order valence-corrected chi connectivity index (χ4v) is 3.39. The van der Waals surface area contributed by atoms with Crippen LogP contribution < -0.4 is 0 Å². The van der Waals surface area contributed by atoms with E-state index in [4.69, 9.17) is 0 Å². The zero-order valence-corrected chi connectivity index (χ0v) is 9.35. The molecule has 0 radical (unpaired) electrons. The second-order valence-electron chi connectivity index (χ2n) is 4.12. The summed E-state index contributed by atoms with van der Waals surface area (Å²) >= 11 is 1.80. The zero-order chi connectivity index (χ0) is 9.97. The highest BCUT2D eigenvalue weighted by atomic mass is 32.1. The summed E-state index contributed by atoms with van der Waals surface area (Å²) < 4.78 is 0. The van der Waals surface area contributed by atoms with Gasteiger partial charge >= 0.3 is 0 Å². The highest BCUT2D eigenvalue weighted by molar-refractivity contribution is 7.10. The van der Waals surface area contributed by atoms with Gasteiger partial charge in [-0.15, -0.1) is 11.3 Å². The highest BCUT2D eigenvalue weighted by Gasteiger charge is 2.29. The molecule has 14 heavy (non-hydrogen) atoms. The molecule has 2 heteroatoms. The molecule has 2 unspecified atom stereocenters. The number of Topliss-reactive ketones (excluding diaryl/α,β-unsaturated/α-hetero) is 1. The summed E-state index contributed by atoms with van der Waals surface area (Å²) in [4.78, 5) is 12.9. The SMILES string of the molecule is CC(=O)C1CCCCC1c1cccs1. The number of carbonyl (C=O) groups excluding carboxylic acids is 1. The first kappa shape index (κ1) is 9.91. The Balaban J connectivity index is 2.18. The van der Waals surface area contributed by atoms with Crippen LogP contribution in [0.1, 0.15) is 43.4 Å². The van der Waals surface area contributed by atoms with Crippen LogP contribution in [0.2, 0.25) is 0 Å². The largest absolute Gasteiger partial charge is 0.300 e. The molecule has 1 fully saturated rings. The van der Waals surface area contributed by atoms with E-state index in [9.17, 15) is 4.79 Å². The smallest absolute Gasteiger partial charge is 0.133 e. The summed E-state index contributed by atoms with van der Waals surface area (Å²) in [6.07, 6.45) is 4.81. The molecule has 1 aromatic rings. The molecule has 1 saturated carbocycles. The summed E-state index contributed by atoms with van der Waals surface area (Å²) in [6, 6.07) is 4.27. The summed E-state index contributed by atoms with van der Waals surface area (Å²) in [7, 11) is 0. The van der Waals surface area contributed by atoms with E-state index in [0.29, 0.717) is 17.6 Å². The Labute approximate surface area is 89.1 Å². The lowest BCUT2D eigenvalue weighted by Gasteiger charge is -2.28. The molecule has 0 N–H and O–H groups in total. The highest BCUT2D eigenvalue weighted by Crippen LogP contribution is 2.39. The number of thiophene rings is 1. The number of hydrogen-bond acceptors (Lipinski definition) is 2. The van der Waals surface area contributed by atoms with E-state index in [1.54, 1.807) is 18.3 Å². The van der Waals surface area contributed by atoms with E-state index in [-0.39, 0.29) is 0 Å². The standard InChI is InChI=1S/C12H16OS/c1-9(13)10-5-2-3-6-11(10)12-7-4-8-14-12/h4,7-8,10-11H,2-3,5-6H2,1H3. The molecule has 0 saturated heterocycles. The Kier molecular flexibility index (Phi) is 3.02. The molecule has 76 valence electrons. The van der Waals surface area contributed by atoms with Crippen molar-refractivity contribution in [2.75, 3.05) is 0 Å². The number of ketones is 1. The quantitative estimate of drug-likeness (QED) is 0.725. The maximum atomic E-state index is 11.5. The van der Waals surface area contributed by atoms with Crippen molar-refractivity contribution >= 4 is 17.1 Å². The third-order valence-corrected chi connectivity index (χ3v) is 4.20. The van der Waals surface area contributed by atoms with Gasteiger partial charge in [-0.2, -0.15) is 0 Å². The van der Waals surface area contributed by atoms with Crippen molar-refractivity contribution in [2.45, 2.75) is 38.5 Å². The minimum atomic E-state index is 0.294. The summed E-state index contributed by atoms with van der Waals surface area (Å²) in [5.41, 5.74) is 0. The van der Waals surface area contributed by atoms with Crippen LogP contribution in [0.25, 0.3) is 0 Å². The molecule has 2 atom stereocenters. The topological polar surface area (TPSA) is 17.1 Å². The maximum Gasteiger partial charge on any atom is 0.133 e. The van der Waals surface area contributed by atoms with Gasteiger partial charge in [-0.25, -0.2) is 0 Å². The van der Waals surface area contributed by atoms with Crippen LogP contribution in [-0.4, -0.2) is 5.78 Å². The van der Waals surface area contributed by atoms with Crippen molar-refractivity contribution in [3.8, 4) is 0 Å². The second kappa shape index (κ2) is 4.26. The van der Waals surface area contributed by atoms with Crippen LogP contribution in [0.4, 0.5) is 0 Å². The molecule has 0 bridgehead atoms.